The first-order valence-electron chi connectivity index (χ1n) is 7.65. The predicted octanol–water partition coefficient (Wildman–Crippen LogP) is 2.69. The van der Waals surface area contributed by atoms with Gasteiger partial charge < -0.3 is 14.7 Å². The molecule has 1 unspecified atom stereocenters. The summed E-state index contributed by atoms with van der Waals surface area (Å²) in [4.78, 5) is 27.0. The largest absolute Gasteiger partial charge is 0.508 e. The number of aromatic hydroxyl groups is 1. The summed E-state index contributed by atoms with van der Waals surface area (Å²) in [6, 6.07) is 13.6. The normalized spacial score (nSPS) is 19.7. The van der Waals surface area contributed by atoms with Crippen molar-refractivity contribution < 1.29 is 19.4 Å². The van der Waals surface area contributed by atoms with Crippen molar-refractivity contribution in [3.63, 3.8) is 0 Å². The molecule has 1 aliphatic carbocycles. The van der Waals surface area contributed by atoms with Crippen molar-refractivity contribution in [1.29, 1.82) is 0 Å². The first-order chi connectivity index (χ1) is 11.6. The van der Waals surface area contributed by atoms with Crippen LogP contribution in [0.3, 0.4) is 0 Å². The maximum Gasteiger partial charge on any atom is 0.205 e. The Hall–Kier alpha value is -3.08. The third-order valence-corrected chi connectivity index (χ3v) is 4.37. The van der Waals surface area contributed by atoms with Crippen molar-refractivity contribution in [2.45, 2.75) is 6.10 Å². The van der Waals surface area contributed by atoms with Crippen LogP contribution in [0.5, 0.6) is 5.75 Å². The van der Waals surface area contributed by atoms with Crippen molar-refractivity contribution in [3.05, 3.63) is 76.7 Å². The second-order valence-electron chi connectivity index (χ2n) is 5.97. The Morgan fingerprint density at radius 2 is 1.71 bits per heavy atom. The van der Waals surface area contributed by atoms with E-state index >= 15 is 0 Å². The van der Waals surface area contributed by atoms with Crippen LogP contribution in [0.2, 0.25) is 0 Å². The van der Waals surface area contributed by atoms with E-state index in [4.69, 9.17) is 4.74 Å². The monoisotopic (exact) mass is 321 g/mol. The maximum absolute atomic E-state index is 12.6. The summed E-state index contributed by atoms with van der Waals surface area (Å²) in [7, 11) is 1.79. The van der Waals surface area contributed by atoms with E-state index in [9.17, 15) is 14.7 Å². The van der Waals surface area contributed by atoms with E-state index in [1.54, 1.807) is 54.4 Å². The average molecular weight is 321 g/mol. The van der Waals surface area contributed by atoms with Crippen molar-refractivity contribution in [2.24, 2.45) is 0 Å². The third-order valence-electron chi connectivity index (χ3n) is 4.37. The molecule has 120 valence electrons. The lowest BCUT2D eigenvalue weighted by molar-refractivity contribution is 0.0957. The third kappa shape index (κ3) is 2.09. The fraction of sp³-hybridized carbons (Fsp3) is 0.158. The number of fused-ring (bicyclic) bond motifs is 1. The number of carbonyl (C=O) groups is 2. The molecule has 1 saturated heterocycles. The van der Waals surface area contributed by atoms with E-state index in [-0.39, 0.29) is 29.0 Å². The summed E-state index contributed by atoms with van der Waals surface area (Å²) in [5.74, 6) is -0.141. The maximum atomic E-state index is 12.6. The van der Waals surface area contributed by atoms with Crippen LogP contribution < -0.4 is 0 Å². The molecule has 1 heterocycles. The molecule has 5 nitrogen and oxygen atoms in total. The zero-order chi connectivity index (χ0) is 16.8. The molecule has 0 bridgehead atoms. The van der Waals surface area contributed by atoms with Crippen molar-refractivity contribution in [1.82, 2.24) is 4.90 Å². The molecular weight excluding hydrogens is 306 g/mol. The highest BCUT2D eigenvalue weighted by atomic mass is 16.5. The fourth-order valence-corrected chi connectivity index (χ4v) is 3.19. The molecular formula is C19H15NO4. The zero-order valence-corrected chi connectivity index (χ0v) is 13.0. The molecule has 1 aliphatic heterocycles. The predicted molar refractivity (Wildman–Crippen MR) is 86.7 cm³/mol. The first-order valence-corrected chi connectivity index (χ1v) is 7.65. The Morgan fingerprint density at radius 3 is 2.33 bits per heavy atom. The highest BCUT2D eigenvalue weighted by molar-refractivity contribution is 6.39. The van der Waals surface area contributed by atoms with Gasteiger partial charge in [0.1, 0.15) is 17.4 Å². The van der Waals surface area contributed by atoms with Gasteiger partial charge in [0.05, 0.1) is 6.54 Å². The molecule has 0 aromatic heterocycles. The number of Topliss-reactive ketones (excluding diaryl/α,β-unsaturated/α-hetero) is 2. The van der Waals surface area contributed by atoms with Gasteiger partial charge in [0, 0.05) is 18.2 Å². The lowest BCUT2D eigenvalue weighted by Crippen LogP contribution is -2.17. The molecule has 0 radical (unpaired) electrons. The van der Waals surface area contributed by atoms with Crippen LogP contribution in [0.15, 0.2) is 60.0 Å². The minimum Gasteiger partial charge on any atom is -0.508 e. The van der Waals surface area contributed by atoms with E-state index in [1.165, 1.54) is 0 Å². The topological polar surface area (TPSA) is 66.8 Å². The summed E-state index contributed by atoms with van der Waals surface area (Å²) in [5.41, 5.74) is 1.72. The number of ether oxygens (including phenoxy) is 1. The Labute approximate surface area is 138 Å². The van der Waals surface area contributed by atoms with Gasteiger partial charge in [-0.25, -0.2) is 0 Å². The van der Waals surface area contributed by atoms with E-state index < -0.39 is 0 Å². The number of benzene rings is 2. The molecule has 24 heavy (non-hydrogen) atoms. The molecule has 2 aliphatic rings. The standard InChI is InChI=1S/C19H15NO4/c1-20-10-15(11-5-4-6-12(21)9-11)24-19(20)16-17(22)13-7-2-3-8-14(13)18(16)23/h2-9,15,21H,10H2,1H3. The smallest absolute Gasteiger partial charge is 0.205 e. The number of likely N-dealkylation sites (N-methyl/N-ethyl adjacent to an activating group) is 1. The molecule has 0 spiro atoms. The number of hydrogen-bond acceptors (Lipinski definition) is 5. The molecule has 4 rings (SSSR count). The number of nitrogens with zero attached hydrogens (tertiary/aromatic N) is 1. The molecule has 2 aromatic rings. The second-order valence-corrected chi connectivity index (χ2v) is 5.97. The van der Waals surface area contributed by atoms with Gasteiger partial charge in [-0.2, -0.15) is 0 Å². The van der Waals surface area contributed by atoms with Crippen LogP contribution in [0.25, 0.3) is 0 Å². The number of phenols is 1. The fourth-order valence-electron chi connectivity index (χ4n) is 3.19. The van der Waals surface area contributed by atoms with Crippen molar-refractivity contribution >= 4 is 11.6 Å². The summed E-state index contributed by atoms with van der Waals surface area (Å²) >= 11 is 0. The van der Waals surface area contributed by atoms with Gasteiger partial charge in [-0.15, -0.1) is 0 Å². The van der Waals surface area contributed by atoms with E-state index in [0.29, 0.717) is 23.6 Å². The van der Waals surface area contributed by atoms with Gasteiger partial charge in [-0.1, -0.05) is 36.4 Å². The Kier molecular flexibility index (Phi) is 3.16. The number of carbonyl (C=O) groups excluding carboxylic acids is 2. The van der Waals surface area contributed by atoms with Crippen LogP contribution >= 0.6 is 0 Å². The van der Waals surface area contributed by atoms with Crippen LogP contribution in [-0.4, -0.2) is 35.2 Å². The van der Waals surface area contributed by atoms with Crippen LogP contribution in [0.1, 0.15) is 32.4 Å². The lowest BCUT2D eigenvalue weighted by Gasteiger charge is -2.11. The summed E-state index contributed by atoms with van der Waals surface area (Å²) in [6.07, 6.45) is -0.339. The van der Waals surface area contributed by atoms with E-state index in [2.05, 4.69) is 0 Å². The second kappa shape index (κ2) is 5.23. The lowest BCUT2D eigenvalue weighted by atomic mass is 10.1. The Morgan fingerprint density at radius 1 is 1.04 bits per heavy atom. The molecule has 0 saturated carbocycles. The Bertz CT molecular complexity index is 863. The molecule has 1 fully saturated rings. The van der Waals surface area contributed by atoms with Gasteiger partial charge in [0.25, 0.3) is 0 Å². The summed E-state index contributed by atoms with van der Waals surface area (Å²) in [5, 5.41) is 9.63. The highest BCUT2D eigenvalue weighted by Crippen LogP contribution is 2.37. The number of phenolic OH excluding ortho intramolecular Hbond substituents is 1. The van der Waals surface area contributed by atoms with Gasteiger partial charge in [0.2, 0.25) is 17.4 Å². The molecule has 5 heteroatoms. The molecule has 1 atom stereocenters. The zero-order valence-electron chi connectivity index (χ0n) is 13.0. The first kappa shape index (κ1) is 14.5. The number of ketones is 2. The molecule has 2 aromatic carbocycles. The number of allylic oxidation sites excluding steroid dienone is 1. The molecule has 1 N–H and O–H groups in total. The molecule has 0 amide bonds. The van der Waals surface area contributed by atoms with Gasteiger partial charge in [0.15, 0.2) is 0 Å². The highest BCUT2D eigenvalue weighted by Gasteiger charge is 2.40. The van der Waals surface area contributed by atoms with Crippen LogP contribution in [0.4, 0.5) is 0 Å². The van der Waals surface area contributed by atoms with E-state index in [1.807, 2.05) is 6.07 Å². The minimum atomic E-state index is -0.339. The van der Waals surface area contributed by atoms with Gasteiger partial charge in [-0.05, 0) is 17.7 Å². The Balaban J connectivity index is 1.74. The number of hydrogen-bond donors (Lipinski definition) is 1. The van der Waals surface area contributed by atoms with Crippen LogP contribution in [-0.2, 0) is 4.74 Å². The SMILES string of the molecule is CN1CC(c2cccc(O)c2)OC1=C1C(=O)c2ccccc2C1=O. The minimum absolute atomic E-state index is 0.0846. The van der Waals surface area contributed by atoms with Gasteiger partial charge in [-0.3, -0.25) is 9.59 Å². The van der Waals surface area contributed by atoms with Crippen molar-refractivity contribution in [3.8, 4) is 5.75 Å². The number of rotatable bonds is 1. The van der Waals surface area contributed by atoms with E-state index in [0.717, 1.165) is 5.56 Å². The summed E-state index contributed by atoms with van der Waals surface area (Å²) < 4.78 is 5.92. The average Bonchev–Trinajstić information content (AvgIpc) is 3.07. The van der Waals surface area contributed by atoms with Gasteiger partial charge >= 0.3 is 0 Å². The van der Waals surface area contributed by atoms with Crippen LogP contribution in [0, 0.1) is 0 Å². The van der Waals surface area contributed by atoms with Crippen molar-refractivity contribution in [2.75, 3.05) is 13.6 Å². The summed E-state index contributed by atoms with van der Waals surface area (Å²) in [6.45, 7) is 0.499. The quantitative estimate of drug-likeness (QED) is 0.646.